The third-order valence-electron chi connectivity index (χ3n) is 3.85. The van der Waals surface area contributed by atoms with Crippen molar-refractivity contribution >= 4 is 6.09 Å². The molecule has 0 unspecified atom stereocenters. The third kappa shape index (κ3) is 3.35. The monoisotopic (exact) mass is 242 g/mol. The highest BCUT2D eigenvalue weighted by Gasteiger charge is 2.37. The van der Waals surface area contributed by atoms with Crippen LogP contribution < -0.4 is 5.32 Å². The van der Waals surface area contributed by atoms with Gasteiger partial charge < -0.3 is 15.0 Å². The second-order valence-electron chi connectivity index (χ2n) is 5.67. The Morgan fingerprint density at radius 2 is 2.00 bits per heavy atom. The van der Waals surface area contributed by atoms with Crippen LogP contribution >= 0.6 is 0 Å². The second-order valence-corrected chi connectivity index (χ2v) is 5.67. The number of nitrogens with one attached hydrogen (secondary N) is 1. The molecule has 1 N–H and O–H groups in total. The lowest BCUT2D eigenvalue weighted by molar-refractivity contribution is -0.0239. The van der Waals surface area contributed by atoms with Crippen LogP contribution in [0.25, 0.3) is 0 Å². The SMILES string of the molecule is CCC(C)(CC)OC(=O)N1CCNCC1(C)C. The van der Waals surface area contributed by atoms with Crippen molar-refractivity contribution in [2.45, 2.75) is 58.6 Å². The van der Waals surface area contributed by atoms with Crippen LogP contribution in [0, 0.1) is 0 Å². The van der Waals surface area contributed by atoms with Gasteiger partial charge in [0.05, 0.1) is 5.54 Å². The minimum absolute atomic E-state index is 0.169. The van der Waals surface area contributed by atoms with E-state index in [1.807, 2.05) is 11.8 Å². The van der Waals surface area contributed by atoms with Gasteiger partial charge in [0, 0.05) is 19.6 Å². The van der Waals surface area contributed by atoms with Crippen LogP contribution in [0.3, 0.4) is 0 Å². The molecule has 1 amide bonds. The number of hydrogen-bond acceptors (Lipinski definition) is 3. The number of piperazine rings is 1. The van der Waals surface area contributed by atoms with E-state index in [0.717, 1.165) is 32.5 Å². The maximum atomic E-state index is 12.2. The van der Waals surface area contributed by atoms with Crippen LogP contribution in [-0.4, -0.2) is 41.8 Å². The molecule has 100 valence electrons. The molecule has 0 radical (unpaired) electrons. The fraction of sp³-hybridized carbons (Fsp3) is 0.923. The van der Waals surface area contributed by atoms with Crippen molar-refractivity contribution < 1.29 is 9.53 Å². The number of amides is 1. The summed E-state index contributed by atoms with van der Waals surface area (Å²) in [6.07, 6.45) is 1.52. The molecular weight excluding hydrogens is 216 g/mol. The van der Waals surface area contributed by atoms with E-state index in [1.165, 1.54) is 0 Å². The average Bonchev–Trinajstić information content (AvgIpc) is 2.28. The summed E-state index contributed by atoms with van der Waals surface area (Å²) in [5.41, 5.74) is -0.504. The number of carbonyl (C=O) groups excluding carboxylic acids is 1. The van der Waals surface area contributed by atoms with E-state index in [1.54, 1.807) is 0 Å². The highest BCUT2D eigenvalue weighted by atomic mass is 16.6. The largest absolute Gasteiger partial charge is 0.443 e. The van der Waals surface area contributed by atoms with Crippen molar-refractivity contribution in [1.82, 2.24) is 10.2 Å². The third-order valence-corrected chi connectivity index (χ3v) is 3.85. The van der Waals surface area contributed by atoms with E-state index in [2.05, 4.69) is 33.0 Å². The predicted octanol–water partition coefficient (Wildman–Crippen LogP) is 2.39. The fourth-order valence-corrected chi connectivity index (χ4v) is 1.98. The number of hydrogen-bond donors (Lipinski definition) is 1. The Morgan fingerprint density at radius 1 is 1.41 bits per heavy atom. The maximum Gasteiger partial charge on any atom is 0.410 e. The highest BCUT2D eigenvalue weighted by Crippen LogP contribution is 2.24. The Balaban J connectivity index is 2.69. The molecule has 0 aromatic carbocycles. The van der Waals surface area contributed by atoms with Gasteiger partial charge >= 0.3 is 6.09 Å². The molecule has 0 saturated carbocycles. The van der Waals surface area contributed by atoms with Crippen molar-refractivity contribution in [2.24, 2.45) is 0 Å². The quantitative estimate of drug-likeness (QED) is 0.826. The topological polar surface area (TPSA) is 41.6 Å². The molecule has 0 aromatic rings. The van der Waals surface area contributed by atoms with Gasteiger partial charge in [0.1, 0.15) is 5.60 Å². The minimum atomic E-state index is -0.335. The Labute approximate surface area is 105 Å². The number of ether oxygens (including phenoxy) is 1. The van der Waals surface area contributed by atoms with E-state index in [4.69, 9.17) is 4.74 Å². The van der Waals surface area contributed by atoms with Gasteiger partial charge in [-0.1, -0.05) is 13.8 Å². The molecule has 0 bridgehead atoms. The molecule has 1 aliphatic heterocycles. The Morgan fingerprint density at radius 3 is 2.47 bits per heavy atom. The summed E-state index contributed by atoms with van der Waals surface area (Å²) in [4.78, 5) is 14.1. The first-order valence-corrected chi connectivity index (χ1v) is 6.56. The molecule has 4 heteroatoms. The zero-order chi connectivity index (χ0) is 13.1. The number of rotatable bonds is 3. The van der Waals surface area contributed by atoms with Crippen molar-refractivity contribution in [3.8, 4) is 0 Å². The summed E-state index contributed by atoms with van der Waals surface area (Å²) in [6, 6.07) is 0. The zero-order valence-corrected chi connectivity index (χ0v) is 11.8. The Bertz CT molecular complexity index is 273. The molecule has 0 atom stereocenters. The van der Waals surface area contributed by atoms with Crippen molar-refractivity contribution in [3.63, 3.8) is 0 Å². The van der Waals surface area contributed by atoms with E-state index in [0.29, 0.717) is 0 Å². The van der Waals surface area contributed by atoms with Gasteiger partial charge in [0.15, 0.2) is 0 Å². The Hall–Kier alpha value is -0.770. The minimum Gasteiger partial charge on any atom is -0.443 e. The van der Waals surface area contributed by atoms with Crippen molar-refractivity contribution in [3.05, 3.63) is 0 Å². The van der Waals surface area contributed by atoms with Gasteiger partial charge in [-0.25, -0.2) is 4.79 Å². The molecule has 0 spiro atoms. The summed E-state index contributed by atoms with van der Waals surface area (Å²) in [7, 11) is 0. The first-order valence-electron chi connectivity index (χ1n) is 6.56. The molecule has 4 nitrogen and oxygen atoms in total. The van der Waals surface area contributed by atoms with E-state index < -0.39 is 0 Å². The van der Waals surface area contributed by atoms with Gasteiger partial charge in [-0.05, 0) is 33.6 Å². The summed E-state index contributed by atoms with van der Waals surface area (Å²) in [6.45, 7) is 12.6. The molecule has 17 heavy (non-hydrogen) atoms. The van der Waals surface area contributed by atoms with Crippen LogP contribution in [0.4, 0.5) is 4.79 Å². The van der Waals surface area contributed by atoms with Gasteiger partial charge in [-0.15, -0.1) is 0 Å². The van der Waals surface area contributed by atoms with E-state index in [9.17, 15) is 4.79 Å². The predicted molar refractivity (Wildman–Crippen MR) is 69.1 cm³/mol. The normalized spacial score (nSPS) is 20.2. The van der Waals surface area contributed by atoms with Gasteiger partial charge in [0.2, 0.25) is 0 Å². The van der Waals surface area contributed by atoms with Crippen LogP contribution in [0.15, 0.2) is 0 Å². The van der Waals surface area contributed by atoms with Crippen LogP contribution in [0.5, 0.6) is 0 Å². The summed E-state index contributed by atoms with van der Waals surface area (Å²) < 4.78 is 5.67. The smallest absolute Gasteiger partial charge is 0.410 e. The molecule has 1 aliphatic rings. The zero-order valence-electron chi connectivity index (χ0n) is 11.8. The highest BCUT2D eigenvalue weighted by molar-refractivity contribution is 5.69. The van der Waals surface area contributed by atoms with Crippen molar-refractivity contribution in [1.29, 1.82) is 0 Å². The lowest BCUT2D eigenvalue weighted by Crippen LogP contribution is -2.60. The standard InChI is InChI=1S/C13H26N2O2/c1-6-13(5,7-2)17-11(16)15-9-8-14-10-12(15,3)4/h14H,6-10H2,1-5H3. The summed E-state index contributed by atoms with van der Waals surface area (Å²) >= 11 is 0. The van der Waals surface area contributed by atoms with E-state index in [-0.39, 0.29) is 17.2 Å². The first-order chi connectivity index (χ1) is 7.84. The van der Waals surface area contributed by atoms with E-state index >= 15 is 0 Å². The molecule has 1 rings (SSSR count). The van der Waals surface area contributed by atoms with Gasteiger partial charge in [-0.2, -0.15) is 0 Å². The summed E-state index contributed by atoms with van der Waals surface area (Å²) in [5.74, 6) is 0. The second kappa shape index (κ2) is 5.25. The fourth-order valence-electron chi connectivity index (χ4n) is 1.98. The number of carbonyl (C=O) groups is 1. The molecule has 1 fully saturated rings. The Kier molecular flexibility index (Phi) is 4.42. The average molecular weight is 242 g/mol. The first kappa shape index (κ1) is 14.3. The van der Waals surface area contributed by atoms with Crippen LogP contribution in [0.2, 0.25) is 0 Å². The lowest BCUT2D eigenvalue weighted by atomic mass is 9.99. The molecule has 1 saturated heterocycles. The van der Waals surface area contributed by atoms with Crippen LogP contribution in [-0.2, 0) is 4.74 Å². The van der Waals surface area contributed by atoms with Gasteiger partial charge in [0.25, 0.3) is 0 Å². The molecule has 1 heterocycles. The maximum absolute atomic E-state index is 12.2. The van der Waals surface area contributed by atoms with Crippen molar-refractivity contribution in [2.75, 3.05) is 19.6 Å². The van der Waals surface area contributed by atoms with Gasteiger partial charge in [-0.3, -0.25) is 0 Å². The lowest BCUT2D eigenvalue weighted by Gasteiger charge is -2.43. The molecule has 0 aromatic heterocycles. The van der Waals surface area contributed by atoms with Crippen LogP contribution in [0.1, 0.15) is 47.5 Å². The number of nitrogens with zero attached hydrogens (tertiary/aromatic N) is 1. The molecule has 0 aliphatic carbocycles. The summed E-state index contributed by atoms with van der Waals surface area (Å²) in [5, 5.41) is 3.30. The molecular formula is C13H26N2O2.